The Bertz CT molecular complexity index is 670. The Hall–Kier alpha value is -1.49. The average molecular weight is 337 g/mol. The number of halogens is 3. The Morgan fingerprint density at radius 3 is 2.13 bits per heavy atom. The Kier molecular flexibility index (Phi) is 5.26. The molecular formula is C18H19ClF2N2. The molecule has 1 aliphatic rings. The van der Waals surface area contributed by atoms with E-state index < -0.39 is 0 Å². The van der Waals surface area contributed by atoms with E-state index in [1.165, 1.54) is 18.2 Å². The van der Waals surface area contributed by atoms with Gasteiger partial charge in [0, 0.05) is 44.3 Å². The van der Waals surface area contributed by atoms with E-state index in [9.17, 15) is 8.78 Å². The first-order chi connectivity index (χ1) is 11.1. The highest BCUT2D eigenvalue weighted by Crippen LogP contribution is 2.20. The van der Waals surface area contributed by atoms with E-state index in [4.69, 9.17) is 11.6 Å². The lowest BCUT2D eigenvalue weighted by atomic mass is 10.1. The third kappa shape index (κ3) is 4.50. The predicted octanol–water partition coefficient (Wildman–Crippen LogP) is 3.94. The van der Waals surface area contributed by atoms with Crippen LogP contribution in [0, 0.1) is 11.6 Å². The molecule has 2 aromatic rings. The molecule has 1 aliphatic heterocycles. The summed E-state index contributed by atoms with van der Waals surface area (Å²) in [7, 11) is 0. The van der Waals surface area contributed by atoms with Crippen LogP contribution < -0.4 is 0 Å². The summed E-state index contributed by atoms with van der Waals surface area (Å²) in [5, 5.41) is 0.479. The van der Waals surface area contributed by atoms with Crippen molar-refractivity contribution in [2.75, 3.05) is 26.2 Å². The average Bonchev–Trinajstić information content (AvgIpc) is 2.52. The van der Waals surface area contributed by atoms with Gasteiger partial charge in [0.1, 0.15) is 11.6 Å². The molecule has 3 rings (SSSR count). The van der Waals surface area contributed by atoms with Crippen LogP contribution in [-0.2, 0) is 13.1 Å². The summed E-state index contributed by atoms with van der Waals surface area (Å²) in [5.41, 5.74) is 1.95. The number of nitrogens with zero attached hydrogens (tertiary/aromatic N) is 2. The Morgan fingerprint density at radius 1 is 0.826 bits per heavy atom. The molecule has 122 valence electrons. The minimum atomic E-state index is -0.307. The maximum Gasteiger partial charge on any atom is 0.124 e. The second kappa shape index (κ2) is 7.39. The molecule has 0 aromatic heterocycles. The highest BCUT2D eigenvalue weighted by Gasteiger charge is 2.18. The van der Waals surface area contributed by atoms with Gasteiger partial charge in [-0.1, -0.05) is 29.8 Å². The van der Waals surface area contributed by atoms with Crippen LogP contribution in [0.3, 0.4) is 0 Å². The summed E-state index contributed by atoms with van der Waals surface area (Å²) < 4.78 is 26.3. The van der Waals surface area contributed by atoms with Gasteiger partial charge in [0.05, 0.1) is 0 Å². The van der Waals surface area contributed by atoms with Crippen molar-refractivity contribution in [3.8, 4) is 0 Å². The van der Waals surface area contributed by atoms with Crippen LogP contribution >= 0.6 is 11.6 Å². The molecule has 1 saturated heterocycles. The van der Waals surface area contributed by atoms with Crippen molar-refractivity contribution in [2.45, 2.75) is 13.1 Å². The number of hydrogen-bond acceptors (Lipinski definition) is 2. The standard InChI is InChI=1S/C18H19ClF2N2/c19-18-11-17(21)5-4-15(18)13-23-8-6-22(7-9-23)12-14-2-1-3-16(20)10-14/h1-5,10-11H,6-9,12-13H2. The van der Waals surface area contributed by atoms with Gasteiger partial charge in [-0.05, 0) is 35.4 Å². The minimum absolute atomic E-state index is 0.188. The predicted molar refractivity (Wildman–Crippen MR) is 88.4 cm³/mol. The molecule has 23 heavy (non-hydrogen) atoms. The summed E-state index contributed by atoms with van der Waals surface area (Å²) in [4.78, 5) is 4.62. The molecule has 0 aliphatic carbocycles. The quantitative estimate of drug-likeness (QED) is 0.834. The molecule has 2 nitrogen and oxygen atoms in total. The molecule has 5 heteroatoms. The molecule has 0 bridgehead atoms. The molecular weight excluding hydrogens is 318 g/mol. The Balaban J connectivity index is 1.52. The van der Waals surface area contributed by atoms with Gasteiger partial charge >= 0.3 is 0 Å². The zero-order chi connectivity index (χ0) is 16.2. The fourth-order valence-corrected chi connectivity index (χ4v) is 3.12. The summed E-state index contributed by atoms with van der Waals surface area (Å²) >= 11 is 6.09. The highest BCUT2D eigenvalue weighted by molar-refractivity contribution is 6.31. The van der Waals surface area contributed by atoms with Crippen molar-refractivity contribution in [3.05, 3.63) is 70.2 Å². The van der Waals surface area contributed by atoms with E-state index in [0.717, 1.165) is 50.4 Å². The molecule has 0 saturated carbocycles. The van der Waals surface area contributed by atoms with Crippen molar-refractivity contribution in [2.24, 2.45) is 0 Å². The molecule has 0 spiro atoms. The number of benzene rings is 2. The maximum atomic E-state index is 13.2. The molecule has 0 amide bonds. The number of piperazine rings is 1. The fourth-order valence-electron chi connectivity index (χ4n) is 2.89. The Labute approximate surface area is 140 Å². The molecule has 0 atom stereocenters. The lowest BCUT2D eigenvalue weighted by Gasteiger charge is -2.34. The molecule has 0 N–H and O–H groups in total. The smallest absolute Gasteiger partial charge is 0.124 e. The van der Waals surface area contributed by atoms with E-state index in [1.54, 1.807) is 18.2 Å². The van der Waals surface area contributed by atoms with E-state index in [2.05, 4.69) is 9.80 Å². The second-order valence-electron chi connectivity index (χ2n) is 5.92. The minimum Gasteiger partial charge on any atom is -0.297 e. The fraction of sp³-hybridized carbons (Fsp3) is 0.333. The third-order valence-corrected chi connectivity index (χ3v) is 4.52. The zero-order valence-electron chi connectivity index (χ0n) is 12.8. The Morgan fingerprint density at radius 2 is 1.48 bits per heavy atom. The van der Waals surface area contributed by atoms with Crippen LogP contribution in [0.4, 0.5) is 8.78 Å². The van der Waals surface area contributed by atoms with Crippen LogP contribution in [-0.4, -0.2) is 36.0 Å². The second-order valence-corrected chi connectivity index (χ2v) is 6.33. The van der Waals surface area contributed by atoms with E-state index >= 15 is 0 Å². The van der Waals surface area contributed by atoms with Crippen molar-refractivity contribution < 1.29 is 8.78 Å². The van der Waals surface area contributed by atoms with Gasteiger partial charge in [-0.15, -0.1) is 0 Å². The lowest BCUT2D eigenvalue weighted by Crippen LogP contribution is -2.45. The summed E-state index contributed by atoms with van der Waals surface area (Å²) in [6, 6.07) is 11.3. The molecule has 1 fully saturated rings. The van der Waals surface area contributed by atoms with E-state index in [-0.39, 0.29) is 11.6 Å². The molecule has 1 heterocycles. The summed E-state index contributed by atoms with van der Waals surface area (Å²) in [6.45, 7) is 5.19. The van der Waals surface area contributed by atoms with Crippen LogP contribution in [0.1, 0.15) is 11.1 Å². The van der Waals surface area contributed by atoms with Gasteiger partial charge in [0.15, 0.2) is 0 Å². The van der Waals surface area contributed by atoms with Gasteiger partial charge in [-0.25, -0.2) is 8.78 Å². The van der Waals surface area contributed by atoms with Gasteiger partial charge in [-0.3, -0.25) is 9.80 Å². The topological polar surface area (TPSA) is 6.48 Å². The summed E-state index contributed by atoms with van der Waals surface area (Å²) in [6.07, 6.45) is 0. The molecule has 0 radical (unpaired) electrons. The highest BCUT2D eigenvalue weighted by atomic mass is 35.5. The van der Waals surface area contributed by atoms with E-state index in [0.29, 0.717) is 5.02 Å². The van der Waals surface area contributed by atoms with Crippen molar-refractivity contribution in [1.29, 1.82) is 0 Å². The first-order valence-corrected chi connectivity index (χ1v) is 8.11. The lowest BCUT2D eigenvalue weighted by molar-refractivity contribution is 0.122. The molecule has 2 aromatic carbocycles. The monoisotopic (exact) mass is 336 g/mol. The van der Waals surface area contributed by atoms with Crippen molar-refractivity contribution >= 4 is 11.6 Å². The maximum absolute atomic E-state index is 13.2. The third-order valence-electron chi connectivity index (χ3n) is 4.17. The van der Waals surface area contributed by atoms with Crippen molar-refractivity contribution in [1.82, 2.24) is 9.80 Å². The number of hydrogen-bond donors (Lipinski definition) is 0. The van der Waals surface area contributed by atoms with E-state index in [1.807, 2.05) is 6.07 Å². The molecule has 0 unspecified atom stereocenters. The summed E-state index contributed by atoms with van der Waals surface area (Å²) in [5.74, 6) is -0.495. The normalized spacial score (nSPS) is 16.7. The van der Waals surface area contributed by atoms with Gasteiger partial charge in [-0.2, -0.15) is 0 Å². The van der Waals surface area contributed by atoms with Crippen LogP contribution in [0.5, 0.6) is 0 Å². The van der Waals surface area contributed by atoms with Crippen LogP contribution in [0.15, 0.2) is 42.5 Å². The van der Waals surface area contributed by atoms with Crippen LogP contribution in [0.2, 0.25) is 5.02 Å². The largest absolute Gasteiger partial charge is 0.297 e. The SMILES string of the molecule is Fc1cccc(CN2CCN(Cc3ccc(F)cc3Cl)CC2)c1. The van der Waals surface area contributed by atoms with Crippen LogP contribution in [0.25, 0.3) is 0 Å². The van der Waals surface area contributed by atoms with Crippen molar-refractivity contribution in [3.63, 3.8) is 0 Å². The number of rotatable bonds is 4. The first-order valence-electron chi connectivity index (χ1n) is 7.73. The van der Waals surface area contributed by atoms with Gasteiger partial charge in [0.25, 0.3) is 0 Å². The first kappa shape index (κ1) is 16.4. The zero-order valence-corrected chi connectivity index (χ0v) is 13.6. The van der Waals surface area contributed by atoms with Gasteiger partial charge in [0.2, 0.25) is 0 Å². The van der Waals surface area contributed by atoms with Gasteiger partial charge < -0.3 is 0 Å².